The average molecular weight is 193 g/mol. The fraction of sp³-hybridized carbons (Fsp3) is 0.400. The van der Waals surface area contributed by atoms with E-state index in [1.54, 1.807) is 19.4 Å². The molecule has 1 saturated carbocycles. The molecule has 0 spiro atoms. The summed E-state index contributed by atoms with van der Waals surface area (Å²) in [5, 5.41) is 8.73. The summed E-state index contributed by atoms with van der Waals surface area (Å²) in [7, 11) is 1.58. The Labute approximate surface area is 81.5 Å². The lowest BCUT2D eigenvalue weighted by Gasteiger charge is -2.00. The van der Waals surface area contributed by atoms with Crippen LogP contribution in [0.2, 0.25) is 0 Å². The molecule has 1 fully saturated rings. The molecular formula is C10H11NO3. The van der Waals surface area contributed by atoms with Crippen molar-refractivity contribution in [3.8, 4) is 5.75 Å². The minimum atomic E-state index is -0.729. The first kappa shape index (κ1) is 8.99. The second-order valence-corrected chi connectivity index (χ2v) is 3.41. The van der Waals surface area contributed by atoms with Gasteiger partial charge in [0.05, 0.1) is 19.2 Å². The van der Waals surface area contributed by atoms with Crippen LogP contribution in [0, 0.1) is 5.92 Å². The van der Waals surface area contributed by atoms with E-state index in [0.29, 0.717) is 12.2 Å². The van der Waals surface area contributed by atoms with Gasteiger partial charge >= 0.3 is 5.97 Å². The molecular weight excluding hydrogens is 182 g/mol. The van der Waals surface area contributed by atoms with Gasteiger partial charge in [-0.25, -0.2) is 0 Å². The van der Waals surface area contributed by atoms with Crippen LogP contribution in [0.25, 0.3) is 0 Å². The first-order valence-corrected chi connectivity index (χ1v) is 4.45. The maximum atomic E-state index is 10.6. The van der Waals surface area contributed by atoms with Crippen molar-refractivity contribution in [2.75, 3.05) is 7.11 Å². The molecule has 0 bridgehead atoms. The van der Waals surface area contributed by atoms with E-state index >= 15 is 0 Å². The molecule has 1 aliphatic carbocycles. The number of carboxylic acid groups (broad SMARTS) is 1. The van der Waals surface area contributed by atoms with Gasteiger partial charge in [0.1, 0.15) is 5.75 Å². The predicted octanol–water partition coefficient (Wildman–Crippen LogP) is 1.28. The number of nitrogens with zero attached hydrogens (tertiary/aromatic N) is 1. The van der Waals surface area contributed by atoms with Crippen molar-refractivity contribution in [1.29, 1.82) is 0 Å². The molecule has 0 saturated heterocycles. The zero-order valence-corrected chi connectivity index (χ0v) is 7.80. The van der Waals surface area contributed by atoms with Crippen LogP contribution in [0.4, 0.5) is 0 Å². The summed E-state index contributed by atoms with van der Waals surface area (Å²) in [6.45, 7) is 0. The maximum absolute atomic E-state index is 10.6. The lowest BCUT2D eigenvalue weighted by molar-refractivity contribution is -0.138. The quantitative estimate of drug-likeness (QED) is 0.785. The minimum absolute atomic E-state index is 0.0957. The smallest absolute Gasteiger partial charge is 0.307 e. The Morgan fingerprint density at radius 1 is 1.64 bits per heavy atom. The molecule has 2 rings (SSSR count). The number of hydrogen-bond donors (Lipinski definition) is 1. The Morgan fingerprint density at radius 3 is 2.86 bits per heavy atom. The van der Waals surface area contributed by atoms with Crippen LogP contribution in [0.15, 0.2) is 18.3 Å². The molecule has 0 aromatic carbocycles. The number of aromatic nitrogens is 1. The standard InChI is InChI=1S/C10H11NO3/c1-14-6-2-3-9(11-5-6)7-4-8(7)10(12)13/h2-3,5,7-8H,4H2,1H3,(H,12,13). The van der Waals surface area contributed by atoms with Crippen LogP contribution < -0.4 is 4.74 Å². The van der Waals surface area contributed by atoms with Gasteiger partial charge in [0.15, 0.2) is 0 Å². The topological polar surface area (TPSA) is 59.4 Å². The first-order valence-electron chi connectivity index (χ1n) is 4.45. The highest BCUT2D eigenvalue weighted by Gasteiger charge is 2.45. The van der Waals surface area contributed by atoms with Crippen molar-refractivity contribution in [2.45, 2.75) is 12.3 Å². The van der Waals surface area contributed by atoms with E-state index in [4.69, 9.17) is 9.84 Å². The highest BCUT2D eigenvalue weighted by molar-refractivity contribution is 5.75. The Morgan fingerprint density at radius 2 is 2.43 bits per heavy atom. The molecule has 1 aliphatic rings. The third-order valence-corrected chi connectivity index (χ3v) is 2.48. The van der Waals surface area contributed by atoms with E-state index in [-0.39, 0.29) is 11.8 Å². The van der Waals surface area contributed by atoms with Gasteiger partial charge in [-0.3, -0.25) is 9.78 Å². The Hall–Kier alpha value is -1.58. The third kappa shape index (κ3) is 1.55. The first-order chi connectivity index (χ1) is 6.72. The molecule has 4 heteroatoms. The van der Waals surface area contributed by atoms with Gasteiger partial charge in [-0.15, -0.1) is 0 Å². The summed E-state index contributed by atoms with van der Waals surface area (Å²) < 4.78 is 4.96. The molecule has 1 aromatic heterocycles. The zero-order chi connectivity index (χ0) is 10.1. The summed E-state index contributed by atoms with van der Waals surface area (Å²) in [5.74, 6) is -0.178. The largest absolute Gasteiger partial charge is 0.495 e. The highest BCUT2D eigenvalue weighted by atomic mass is 16.5. The molecule has 74 valence electrons. The Balaban J connectivity index is 2.08. The van der Waals surface area contributed by atoms with Crippen molar-refractivity contribution in [1.82, 2.24) is 4.98 Å². The molecule has 0 radical (unpaired) electrons. The van der Waals surface area contributed by atoms with Crippen LogP contribution in [0.1, 0.15) is 18.0 Å². The zero-order valence-electron chi connectivity index (χ0n) is 7.80. The summed E-state index contributed by atoms with van der Waals surface area (Å²) in [6.07, 6.45) is 2.32. The number of carbonyl (C=O) groups is 1. The van der Waals surface area contributed by atoms with E-state index in [1.165, 1.54) is 0 Å². The van der Waals surface area contributed by atoms with Gasteiger partial charge in [-0.1, -0.05) is 0 Å². The summed E-state index contributed by atoms with van der Waals surface area (Å²) in [6, 6.07) is 3.63. The van der Waals surface area contributed by atoms with E-state index in [0.717, 1.165) is 5.69 Å². The molecule has 2 unspecified atom stereocenters. The Bertz CT molecular complexity index is 347. The Kier molecular flexibility index (Phi) is 2.11. The third-order valence-electron chi connectivity index (χ3n) is 2.48. The maximum Gasteiger partial charge on any atom is 0.307 e. The monoisotopic (exact) mass is 193 g/mol. The van der Waals surface area contributed by atoms with Crippen molar-refractivity contribution in [3.63, 3.8) is 0 Å². The van der Waals surface area contributed by atoms with Gasteiger partial charge in [0, 0.05) is 11.6 Å². The molecule has 1 aromatic rings. The summed E-state index contributed by atoms with van der Waals surface area (Å²) in [4.78, 5) is 14.8. The molecule has 4 nitrogen and oxygen atoms in total. The SMILES string of the molecule is COc1ccc(C2CC2C(=O)O)nc1. The second-order valence-electron chi connectivity index (χ2n) is 3.41. The van der Waals surface area contributed by atoms with Crippen molar-refractivity contribution in [2.24, 2.45) is 5.92 Å². The van der Waals surface area contributed by atoms with E-state index in [2.05, 4.69) is 4.98 Å². The van der Waals surface area contributed by atoms with Gasteiger partial charge in [-0.05, 0) is 18.6 Å². The summed E-state index contributed by atoms with van der Waals surface area (Å²) >= 11 is 0. The van der Waals surface area contributed by atoms with Gasteiger partial charge in [0.2, 0.25) is 0 Å². The highest BCUT2D eigenvalue weighted by Crippen LogP contribution is 2.46. The molecule has 1 heterocycles. The van der Waals surface area contributed by atoms with E-state index in [1.807, 2.05) is 6.07 Å². The van der Waals surface area contributed by atoms with Crippen LogP contribution in [0.5, 0.6) is 5.75 Å². The van der Waals surface area contributed by atoms with Crippen molar-refractivity contribution in [3.05, 3.63) is 24.0 Å². The average Bonchev–Trinajstić information content (AvgIpc) is 2.97. The molecule has 0 aliphatic heterocycles. The normalized spacial score (nSPS) is 24.4. The lowest BCUT2D eigenvalue weighted by atomic mass is 10.2. The van der Waals surface area contributed by atoms with Gasteiger partial charge in [-0.2, -0.15) is 0 Å². The molecule has 2 atom stereocenters. The van der Waals surface area contributed by atoms with Crippen LogP contribution in [-0.4, -0.2) is 23.2 Å². The lowest BCUT2D eigenvalue weighted by Crippen LogP contribution is -1.99. The van der Waals surface area contributed by atoms with Crippen molar-refractivity contribution >= 4 is 5.97 Å². The number of rotatable bonds is 3. The minimum Gasteiger partial charge on any atom is -0.495 e. The number of aliphatic carboxylic acids is 1. The van der Waals surface area contributed by atoms with Gasteiger partial charge < -0.3 is 9.84 Å². The second kappa shape index (κ2) is 3.29. The fourth-order valence-electron chi connectivity index (χ4n) is 1.53. The van der Waals surface area contributed by atoms with E-state index in [9.17, 15) is 4.79 Å². The van der Waals surface area contributed by atoms with Crippen LogP contribution >= 0.6 is 0 Å². The number of hydrogen-bond acceptors (Lipinski definition) is 3. The number of carboxylic acids is 1. The molecule has 14 heavy (non-hydrogen) atoms. The van der Waals surface area contributed by atoms with E-state index < -0.39 is 5.97 Å². The predicted molar refractivity (Wildman–Crippen MR) is 49.3 cm³/mol. The summed E-state index contributed by atoms with van der Waals surface area (Å²) in [5.41, 5.74) is 0.846. The number of methoxy groups -OCH3 is 1. The van der Waals surface area contributed by atoms with Crippen LogP contribution in [-0.2, 0) is 4.79 Å². The van der Waals surface area contributed by atoms with Crippen LogP contribution in [0.3, 0.4) is 0 Å². The van der Waals surface area contributed by atoms with Crippen molar-refractivity contribution < 1.29 is 14.6 Å². The van der Waals surface area contributed by atoms with Gasteiger partial charge in [0.25, 0.3) is 0 Å². The fourth-order valence-corrected chi connectivity index (χ4v) is 1.53. The number of ether oxygens (including phenoxy) is 1. The molecule has 0 amide bonds. The number of pyridine rings is 1. The molecule has 1 N–H and O–H groups in total.